The minimum atomic E-state index is -0.146. The van der Waals surface area contributed by atoms with Crippen molar-refractivity contribution in [2.45, 2.75) is 46.8 Å². The maximum absolute atomic E-state index is 12.5. The number of rotatable bonds is 9. The van der Waals surface area contributed by atoms with Crippen LogP contribution in [0.15, 0.2) is 61.3 Å². The number of carbonyl (C=O) groups is 1. The Morgan fingerprint density at radius 3 is 2.48 bits per heavy atom. The molecule has 3 aromatic rings. The lowest BCUT2D eigenvalue weighted by Crippen LogP contribution is -2.22. The van der Waals surface area contributed by atoms with Gasteiger partial charge < -0.3 is 10.6 Å². The average Bonchev–Trinajstić information content (AvgIpc) is 3.19. The molecule has 0 saturated heterocycles. The number of aromatic nitrogens is 3. The van der Waals surface area contributed by atoms with Crippen molar-refractivity contribution in [1.82, 2.24) is 20.3 Å². The molecule has 0 aliphatic heterocycles. The van der Waals surface area contributed by atoms with Gasteiger partial charge in [0, 0.05) is 18.3 Å². The highest BCUT2D eigenvalue weighted by atomic mass is 16.2. The van der Waals surface area contributed by atoms with Gasteiger partial charge in [0.1, 0.15) is 6.54 Å². The number of anilines is 1. The summed E-state index contributed by atoms with van der Waals surface area (Å²) < 4.78 is 1.55. The quantitative estimate of drug-likeness (QED) is 0.527. The first-order chi connectivity index (χ1) is 14.8. The van der Waals surface area contributed by atoms with Crippen molar-refractivity contribution in [3.63, 3.8) is 0 Å². The van der Waals surface area contributed by atoms with Gasteiger partial charge in [-0.05, 0) is 46.4 Å². The predicted octanol–water partition coefficient (Wildman–Crippen LogP) is 4.75. The molecule has 6 nitrogen and oxygen atoms in total. The first-order valence-electron chi connectivity index (χ1n) is 10.6. The van der Waals surface area contributed by atoms with Crippen LogP contribution in [0.25, 0.3) is 16.7 Å². The Bertz CT molecular complexity index is 1050. The van der Waals surface area contributed by atoms with Gasteiger partial charge in [-0.2, -0.15) is 0 Å². The molecule has 0 bridgehead atoms. The van der Waals surface area contributed by atoms with Crippen molar-refractivity contribution >= 4 is 17.2 Å². The van der Waals surface area contributed by atoms with E-state index in [9.17, 15) is 4.79 Å². The first-order valence-corrected chi connectivity index (χ1v) is 10.6. The van der Waals surface area contributed by atoms with Gasteiger partial charge in [-0.3, -0.25) is 4.79 Å². The number of amides is 1. The van der Waals surface area contributed by atoms with Gasteiger partial charge in [0.25, 0.3) is 0 Å². The molecular formula is C25H31N5O. The van der Waals surface area contributed by atoms with Gasteiger partial charge in [0.05, 0.1) is 11.9 Å². The molecule has 1 aromatic heterocycles. The molecule has 2 aromatic carbocycles. The van der Waals surface area contributed by atoms with Crippen LogP contribution < -0.4 is 10.6 Å². The fraction of sp³-hybridized carbons (Fsp3) is 0.320. The van der Waals surface area contributed by atoms with E-state index in [-0.39, 0.29) is 12.5 Å². The summed E-state index contributed by atoms with van der Waals surface area (Å²) in [6.07, 6.45) is 1.79. The van der Waals surface area contributed by atoms with Crippen LogP contribution in [-0.2, 0) is 17.9 Å². The second-order valence-electron chi connectivity index (χ2n) is 8.33. The highest BCUT2D eigenvalue weighted by Crippen LogP contribution is 2.28. The third kappa shape index (κ3) is 6.36. The zero-order valence-electron chi connectivity index (χ0n) is 18.7. The molecule has 0 saturated carbocycles. The minimum Gasteiger partial charge on any atom is -0.324 e. The third-order valence-electron chi connectivity index (χ3n) is 4.99. The standard InChI is InChI=1S/C25H31N5O/c1-17(2)19(5)20-8-6-9-21(12-20)22-10-7-11-23(13-22)27-25(31)16-30-15-24(28-29-30)14-26-18(3)4/h6-13,15,17-18,26H,5,14,16H2,1-4H3,(H,27,31). The summed E-state index contributed by atoms with van der Waals surface area (Å²) in [5, 5.41) is 14.4. The highest BCUT2D eigenvalue weighted by molar-refractivity contribution is 5.91. The normalized spacial score (nSPS) is 11.2. The van der Waals surface area contributed by atoms with Crippen LogP contribution in [0, 0.1) is 5.92 Å². The van der Waals surface area contributed by atoms with Crippen molar-refractivity contribution < 1.29 is 4.79 Å². The van der Waals surface area contributed by atoms with E-state index in [2.05, 4.69) is 73.4 Å². The lowest BCUT2D eigenvalue weighted by molar-refractivity contribution is -0.116. The van der Waals surface area contributed by atoms with Gasteiger partial charge in [-0.15, -0.1) is 5.10 Å². The van der Waals surface area contributed by atoms with E-state index in [4.69, 9.17) is 0 Å². The molecule has 162 valence electrons. The van der Waals surface area contributed by atoms with Gasteiger partial charge >= 0.3 is 0 Å². The smallest absolute Gasteiger partial charge is 0.246 e. The van der Waals surface area contributed by atoms with Gasteiger partial charge in [-0.25, -0.2) is 4.68 Å². The lowest BCUT2D eigenvalue weighted by Gasteiger charge is -2.12. The zero-order valence-corrected chi connectivity index (χ0v) is 18.7. The summed E-state index contributed by atoms with van der Waals surface area (Å²) in [5.41, 5.74) is 5.94. The second-order valence-corrected chi connectivity index (χ2v) is 8.33. The fourth-order valence-electron chi connectivity index (χ4n) is 3.16. The maximum Gasteiger partial charge on any atom is 0.246 e. The van der Waals surface area contributed by atoms with E-state index in [0.717, 1.165) is 33.6 Å². The Hall–Kier alpha value is -3.25. The second kappa shape index (κ2) is 10.2. The van der Waals surface area contributed by atoms with Crippen LogP contribution in [-0.4, -0.2) is 26.9 Å². The van der Waals surface area contributed by atoms with Gasteiger partial charge in [0.15, 0.2) is 0 Å². The molecule has 0 fully saturated rings. The topological polar surface area (TPSA) is 71.8 Å². The molecule has 2 N–H and O–H groups in total. The Morgan fingerprint density at radius 1 is 1.06 bits per heavy atom. The van der Waals surface area contributed by atoms with E-state index in [1.807, 2.05) is 30.3 Å². The molecule has 0 unspecified atom stereocenters. The molecule has 6 heteroatoms. The SMILES string of the molecule is C=C(c1cccc(-c2cccc(NC(=O)Cn3cc(CNC(C)C)nn3)c2)c1)C(C)C. The molecule has 1 heterocycles. The molecule has 31 heavy (non-hydrogen) atoms. The number of hydrogen-bond acceptors (Lipinski definition) is 4. The number of hydrogen-bond donors (Lipinski definition) is 2. The van der Waals surface area contributed by atoms with Crippen LogP contribution in [0.4, 0.5) is 5.69 Å². The predicted molar refractivity (Wildman–Crippen MR) is 126 cm³/mol. The molecule has 0 atom stereocenters. The van der Waals surface area contributed by atoms with Crippen LogP contribution in [0.1, 0.15) is 39.0 Å². The van der Waals surface area contributed by atoms with Crippen molar-refractivity contribution in [1.29, 1.82) is 0 Å². The number of nitrogens with one attached hydrogen (secondary N) is 2. The van der Waals surface area contributed by atoms with E-state index < -0.39 is 0 Å². The zero-order chi connectivity index (χ0) is 22.4. The first kappa shape index (κ1) is 22.4. The monoisotopic (exact) mass is 417 g/mol. The summed E-state index contributed by atoms with van der Waals surface area (Å²) in [6.45, 7) is 13.4. The molecular weight excluding hydrogens is 386 g/mol. The van der Waals surface area contributed by atoms with Crippen molar-refractivity contribution in [2.24, 2.45) is 5.92 Å². The van der Waals surface area contributed by atoms with Crippen LogP contribution in [0.5, 0.6) is 0 Å². The fourth-order valence-corrected chi connectivity index (χ4v) is 3.16. The van der Waals surface area contributed by atoms with Gasteiger partial charge in [-0.1, -0.05) is 69.8 Å². The largest absolute Gasteiger partial charge is 0.324 e. The molecule has 3 rings (SSSR count). The lowest BCUT2D eigenvalue weighted by atomic mass is 9.94. The van der Waals surface area contributed by atoms with E-state index >= 15 is 0 Å². The van der Waals surface area contributed by atoms with Crippen molar-refractivity contribution in [3.05, 3.63) is 72.6 Å². The van der Waals surface area contributed by atoms with E-state index in [1.165, 1.54) is 0 Å². The molecule has 0 aliphatic rings. The Labute approximate surface area is 184 Å². The number of benzene rings is 2. The maximum atomic E-state index is 12.5. The molecule has 0 aliphatic carbocycles. The molecule has 1 amide bonds. The van der Waals surface area contributed by atoms with Crippen LogP contribution in [0.2, 0.25) is 0 Å². The summed E-state index contributed by atoms with van der Waals surface area (Å²) >= 11 is 0. The van der Waals surface area contributed by atoms with Crippen LogP contribution >= 0.6 is 0 Å². The van der Waals surface area contributed by atoms with Crippen molar-refractivity contribution in [3.8, 4) is 11.1 Å². The van der Waals surface area contributed by atoms with E-state index in [1.54, 1.807) is 10.9 Å². The minimum absolute atomic E-state index is 0.114. The average molecular weight is 418 g/mol. The van der Waals surface area contributed by atoms with Crippen LogP contribution in [0.3, 0.4) is 0 Å². The summed E-state index contributed by atoms with van der Waals surface area (Å²) in [7, 11) is 0. The number of nitrogens with zero attached hydrogens (tertiary/aromatic N) is 3. The summed E-state index contributed by atoms with van der Waals surface area (Å²) in [6, 6.07) is 16.6. The van der Waals surface area contributed by atoms with Crippen molar-refractivity contribution in [2.75, 3.05) is 5.32 Å². The Morgan fingerprint density at radius 2 is 1.77 bits per heavy atom. The molecule has 0 radical (unpaired) electrons. The summed E-state index contributed by atoms with van der Waals surface area (Å²) in [5.74, 6) is 0.242. The summed E-state index contributed by atoms with van der Waals surface area (Å²) in [4.78, 5) is 12.5. The highest BCUT2D eigenvalue weighted by Gasteiger charge is 2.09. The molecule has 0 spiro atoms. The van der Waals surface area contributed by atoms with E-state index in [0.29, 0.717) is 18.5 Å². The third-order valence-corrected chi connectivity index (χ3v) is 4.99. The number of allylic oxidation sites excluding steroid dienone is 1. The Balaban J connectivity index is 1.66. The Kier molecular flexibility index (Phi) is 7.36. The number of carbonyl (C=O) groups excluding carboxylic acids is 1. The van der Waals surface area contributed by atoms with Gasteiger partial charge in [0.2, 0.25) is 5.91 Å².